The smallest absolute Gasteiger partial charge is 0.407 e. The van der Waals surface area contributed by atoms with Crippen LogP contribution in [0.5, 0.6) is 0 Å². The zero-order valence-corrected chi connectivity index (χ0v) is 18.8. The van der Waals surface area contributed by atoms with Crippen LogP contribution in [-0.2, 0) is 19.1 Å². The maximum atomic E-state index is 12.6. The lowest BCUT2D eigenvalue weighted by Gasteiger charge is -2.27. The van der Waals surface area contributed by atoms with E-state index >= 15 is 0 Å². The Hall–Kier alpha value is -3.43. The van der Waals surface area contributed by atoms with Crippen molar-refractivity contribution in [2.45, 2.75) is 30.9 Å². The van der Waals surface area contributed by atoms with E-state index in [2.05, 4.69) is 22.8 Å². The fourth-order valence-electron chi connectivity index (χ4n) is 4.50. The Bertz CT molecular complexity index is 1040. The second kappa shape index (κ2) is 9.82. The first-order chi connectivity index (χ1) is 16.3. The second-order valence-electron chi connectivity index (χ2n) is 8.83. The zero-order valence-electron chi connectivity index (χ0n) is 18.8. The van der Waals surface area contributed by atoms with Crippen molar-refractivity contribution in [1.29, 1.82) is 0 Å². The molecule has 4 N–H and O–H groups in total. The van der Waals surface area contributed by atoms with Crippen molar-refractivity contribution in [2.24, 2.45) is 5.92 Å². The Kier molecular flexibility index (Phi) is 6.85. The number of carbonyl (C=O) groups excluding carboxylic acids is 2. The predicted molar refractivity (Wildman–Crippen MR) is 122 cm³/mol. The Labute approximate surface area is 197 Å². The summed E-state index contributed by atoms with van der Waals surface area (Å²) in [6.07, 6.45) is -1.01. The number of aliphatic hydroxyl groups is 1. The number of alkyl carbamates (subject to hydrolysis) is 1. The van der Waals surface area contributed by atoms with Crippen LogP contribution < -0.4 is 10.6 Å². The van der Waals surface area contributed by atoms with Gasteiger partial charge in [-0.3, -0.25) is 4.79 Å². The van der Waals surface area contributed by atoms with Crippen LogP contribution in [0.25, 0.3) is 11.1 Å². The van der Waals surface area contributed by atoms with Crippen LogP contribution in [0.4, 0.5) is 4.79 Å². The lowest BCUT2D eigenvalue weighted by atomic mass is 9.98. The molecule has 3 atom stereocenters. The minimum absolute atomic E-state index is 0.0568. The molecule has 2 aromatic rings. The van der Waals surface area contributed by atoms with Gasteiger partial charge in [-0.05, 0) is 35.6 Å². The predicted octanol–water partition coefficient (Wildman–Crippen LogP) is 1.88. The van der Waals surface area contributed by atoms with E-state index in [1.165, 1.54) is 6.92 Å². The molecule has 9 nitrogen and oxygen atoms in total. The van der Waals surface area contributed by atoms with Gasteiger partial charge in [0.2, 0.25) is 5.91 Å². The van der Waals surface area contributed by atoms with Gasteiger partial charge in [0.25, 0.3) is 0 Å². The summed E-state index contributed by atoms with van der Waals surface area (Å²) < 4.78 is 11.0. The third kappa shape index (κ3) is 4.62. The van der Waals surface area contributed by atoms with E-state index in [4.69, 9.17) is 9.47 Å². The van der Waals surface area contributed by atoms with Crippen molar-refractivity contribution in [3.8, 4) is 11.1 Å². The molecule has 9 heteroatoms. The quantitative estimate of drug-likeness (QED) is 0.465. The van der Waals surface area contributed by atoms with Gasteiger partial charge in [0.15, 0.2) is 5.54 Å². The number of hydrogen-bond donors (Lipinski definition) is 4. The number of aliphatic hydroxyl groups excluding tert-OH is 1. The van der Waals surface area contributed by atoms with Crippen LogP contribution >= 0.6 is 0 Å². The second-order valence-corrected chi connectivity index (χ2v) is 8.83. The highest BCUT2D eigenvalue weighted by atomic mass is 16.5. The number of benzene rings is 2. The number of ether oxygens (including phenoxy) is 2. The SMILES string of the molecule is CC(CO)(NC(=O)[C@@H]1OCC[C@@H]1CNC(=O)OCC1c2ccccc2-c2ccccc21)C(=O)O. The fraction of sp³-hybridized carbons (Fsp3) is 0.400. The average Bonchev–Trinajstić information content (AvgIpc) is 3.44. The summed E-state index contributed by atoms with van der Waals surface area (Å²) in [5.41, 5.74) is 2.69. The number of nitrogens with one attached hydrogen (secondary N) is 2. The molecule has 1 aliphatic carbocycles. The van der Waals surface area contributed by atoms with Gasteiger partial charge in [-0.15, -0.1) is 0 Å². The number of amides is 2. The largest absolute Gasteiger partial charge is 0.479 e. The first-order valence-corrected chi connectivity index (χ1v) is 11.2. The number of carboxylic acid groups (broad SMARTS) is 1. The molecule has 1 saturated heterocycles. The standard InChI is InChI=1S/C25H28N2O7/c1-25(14-28,23(30)31)27-22(29)21-15(10-11-33-21)12-26-24(32)34-13-20-18-8-4-2-6-16(18)17-7-3-5-9-19(17)20/h2-9,15,20-21,28H,10-14H2,1H3,(H,26,32)(H,27,29)(H,30,31)/t15-,21-,25?/m1/s1. The molecule has 34 heavy (non-hydrogen) atoms. The Morgan fingerprint density at radius 3 is 2.29 bits per heavy atom. The lowest BCUT2D eigenvalue weighted by molar-refractivity contribution is -0.150. The number of fused-ring (bicyclic) bond motifs is 3. The van der Waals surface area contributed by atoms with Gasteiger partial charge in [0, 0.05) is 25.0 Å². The molecule has 1 heterocycles. The lowest BCUT2D eigenvalue weighted by Crippen LogP contribution is -2.58. The van der Waals surface area contributed by atoms with Gasteiger partial charge in [-0.2, -0.15) is 0 Å². The van der Waals surface area contributed by atoms with E-state index < -0.39 is 36.2 Å². The summed E-state index contributed by atoms with van der Waals surface area (Å²) in [5.74, 6) is -2.40. The fourth-order valence-corrected chi connectivity index (χ4v) is 4.50. The molecule has 2 amide bonds. The molecule has 0 radical (unpaired) electrons. The number of carboxylic acids is 1. The van der Waals surface area contributed by atoms with Gasteiger partial charge in [-0.1, -0.05) is 48.5 Å². The molecule has 2 aliphatic rings. The van der Waals surface area contributed by atoms with Crippen molar-refractivity contribution in [3.05, 3.63) is 59.7 Å². The highest BCUT2D eigenvalue weighted by Crippen LogP contribution is 2.44. The minimum atomic E-state index is -1.81. The Balaban J connectivity index is 1.32. The van der Waals surface area contributed by atoms with Crippen molar-refractivity contribution in [3.63, 3.8) is 0 Å². The van der Waals surface area contributed by atoms with Crippen LogP contribution in [0, 0.1) is 5.92 Å². The molecule has 180 valence electrons. The summed E-state index contributed by atoms with van der Waals surface area (Å²) in [6, 6.07) is 16.1. The average molecular weight is 469 g/mol. The molecular weight excluding hydrogens is 440 g/mol. The summed E-state index contributed by atoms with van der Waals surface area (Å²) >= 11 is 0. The Morgan fingerprint density at radius 2 is 1.71 bits per heavy atom. The molecule has 1 aliphatic heterocycles. The number of rotatable bonds is 8. The van der Waals surface area contributed by atoms with E-state index in [9.17, 15) is 24.6 Å². The summed E-state index contributed by atoms with van der Waals surface area (Å²) in [7, 11) is 0. The van der Waals surface area contributed by atoms with Crippen LogP contribution in [0.15, 0.2) is 48.5 Å². The molecular formula is C25H28N2O7. The van der Waals surface area contributed by atoms with Gasteiger partial charge >= 0.3 is 12.1 Å². The molecule has 4 rings (SSSR count). The van der Waals surface area contributed by atoms with E-state index in [0.717, 1.165) is 22.3 Å². The third-order valence-corrected chi connectivity index (χ3v) is 6.51. The molecule has 0 spiro atoms. The van der Waals surface area contributed by atoms with Crippen molar-refractivity contribution < 1.29 is 34.1 Å². The molecule has 1 fully saturated rings. The van der Waals surface area contributed by atoms with Gasteiger partial charge < -0.3 is 30.3 Å². The van der Waals surface area contributed by atoms with Crippen LogP contribution in [0.1, 0.15) is 30.4 Å². The van der Waals surface area contributed by atoms with Crippen molar-refractivity contribution in [2.75, 3.05) is 26.4 Å². The van der Waals surface area contributed by atoms with Gasteiger partial charge in [0.05, 0.1) is 6.61 Å². The highest BCUT2D eigenvalue weighted by Gasteiger charge is 2.41. The zero-order chi connectivity index (χ0) is 24.3. The maximum absolute atomic E-state index is 12.6. The van der Waals surface area contributed by atoms with Gasteiger partial charge in [0.1, 0.15) is 12.7 Å². The first kappa shape index (κ1) is 23.7. The Morgan fingerprint density at radius 1 is 1.09 bits per heavy atom. The highest BCUT2D eigenvalue weighted by molar-refractivity contribution is 5.89. The van der Waals surface area contributed by atoms with Crippen LogP contribution in [-0.4, -0.2) is 66.2 Å². The molecule has 2 aromatic carbocycles. The van der Waals surface area contributed by atoms with Gasteiger partial charge in [-0.25, -0.2) is 9.59 Å². The number of carbonyl (C=O) groups is 3. The van der Waals surface area contributed by atoms with Crippen LogP contribution in [0.2, 0.25) is 0 Å². The topological polar surface area (TPSA) is 134 Å². The van der Waals surface area contributed by atoms with Crippen LogP contribution in [0.3, 0.4) is 0 Å². The van der Waals surface area contributed by atoms with E-state index in [0.29, 0.717) is 13.0 Å². The maximum Gasteiger partial charge on any atom is 0.407 e. The minimum Gasteiger partial charge on any atom is -0.479 e. The summed E-state index contributed by atoms with van der Waals surface area (Å²) in [5, 5.41) is 23.6. The molecule has 1 unspecified atom stereocenters. The molecule has 0 aromatic heterocycles. The normalized spacial score (nSPS) is 20.6. The van der Waals surface area contributed by atoms with Crippen molar-refractivity contribution >= 4 is 18.0 Å². The first-order valence-electron chi connectivity index (χ1n) is 11.2. The van der Waals surface area contributed by atoms with Crippen molar-refractivity contribution in [1.82, 2.24) is 10.6 Å². The van der Waals surface area contributed by atoms with E-state index in [-0.39, 0.29) is 25.0 Å². The number of aliphatic carboxylic acids is 1. The summed E-state index contributed by atoms with van der Waals surface area (Å²) in [6.45, 7) is 1.07. The molecule has 0 saturated carbocycles. The number of hydrogen-bond acceptors (Lipinski definition) is 6. The monoisotopic (exact) mass is 468 g/mol. The third-order valence-electron chi connectivity index (χ3n) is 6.51. The summed E-state index contributed by atoms with van der Waals surface area (Å²) in [4.78, 5) is 36.3. The van der Waals surface area contributed by atoms with E-state index in [1.807, 2.05) is 36.4 Å². The van der Waals surface area contributed by atoms with E-state index in [1.54, 1.807) is 0 Å². The molecule has 0 bridgehead atoms.